The SMILES string of the molecule is CN1CC[C@]23C4C5CCC(CO)C4O[C@H]2[C@@H](O)C=C[C@H]3C1C5. The highest BCUT2D eigenvalue weighted by atomic mass is 16.5. The van der Waals surface area contributed by atoms with Gasteiger partial charge in [-0.15, -0.1) is 0 Å². The molecule has 2 heterocycles. The van der Waals surface area contributed by atoms with Crippen LogP contribution in [0.15, 0.2) is 12.2 Å². The second-order valence-electron chi connectivity index (χ2n) is 8.37. The van der Waals surface area contributed by atoms with E-state index in [2.05, 4.69) is 18.0 Å². The van der Waals surface area contributed by atoms with Crippen LogP contribution in [0, 0.1) is 29.1 Å². The Morgan fingerprint density at radius 1 is 1.32 bits per heavy atom. The van der Waals surface area contributed by atoms with Crippen molar-refractivity contribution in [1.29, 1.82) is 0 Å². The van der Waals surface area contributed by atoms with Gasteiger partial charge < -0.3 is 19.8 Å². The molecule has 3 aliphatic carbocycles. The maximum Gasteiger partial charge on any atom is 0.0988 e. The van der Waals surface area contributed by atoms with Crippen LogP contribution in [0.2, 0.25) is 0 Å². The third kappa shape index (κ3) is 1.48. The molecule has 5 unspecified atom stereocenters. The number of piperidine rings is 1. The van der Waals surface area contributed by atoms with E-state index in [-0.39, 0.29) is 30.1 Å². The molecule has 2 N–H and O–H groups in total. The maximum atomic E-state index is 10.6. The Bertz CT molecular complexity index is 509. The van der Waals surface area contributed by atoms with Crippen LogP contribution in [0.4, 0.5) is 0 Å². The minimum Gasteiger partial charge on any atom is -0.396 e. The zero-order chi connectivity index (χ0) is 15.1. The first-order valence-electron chi connectivity index (χ1n) is 8.99. The van der Waals surface area contributed by atoms with Gasteiger partial charge in [-0.1, -0.05) is 12.2 Å². The van der Waals surface area contributed by atoms with Gasteiger partial charge in [-0.3, -0.25) is 0 Å². The highest BCUT2D eigenvalue weighted by Crippen LogP contribution is 2.67. The summed E-state index contributed by atoms with van der Waals surface area (Å²) in [6.07, 6.45) is 8.61. The Kier molecular flexibility index (Phi) is 2.90. The molecule has 5 aliphatic rings. The number of hydrogen-bond acceptors (Lipinski definition) is 4. The van der Waals surface area contributed by atoms with Crippen molar-refractivity contribution in [3.63, 3.8) is 0 Å². The summed E-state index contributed by atoms with van der Waals surface area (Å²) in [5.41, 5.74) is 0.118. The first-order valence-corrected chi connectivity index (χ1v) is 8.99. The number of hydrogen-bond donors (Lipinski definition) is 2. The van der Waals surface area contributed by atoms with Crippen molar-refractivity contribution in [3.8, 4) is 0 Å². The van der Waals surface area contributed by atoms with Gasteiger partial charge in [0.25, 0.3) is 0 Å². The number of aliphatic hydroxyl groups excluding tert-OH is 2. The lowest BCUT2D eigenvalue weighted by atomic mass is 9.45. The molecule has 4 fully saturated rings. The molecular weight excluding hydrogens is 278 g/mol. The normalized spacial score (nSPS) is 59.4. The van der Waals surface area contributed by atoms with Gasteiger partial charge in [-0.05, 0) is 51.1 Å². The van der Waals surface area contributed by atoms with Crippen LogP contribution in [0.3, 0.4) is 0 Å². The van der Waals surface area contributed by atoms with Crippen molar-refractivity contribution in [2.75, 3.05) is 20.2 Å². The second-order valence-corrected chi connectivity index (χ2v) is 8.37. The quantitative estimate of drug-likeness (QED) is 0.711. The van der Waals surface area contributed by atoms with Crippen molar-refractivity contribution in [1.82, 2.24) is 4.90 Å². The van der Waals surface area contributed by atoms with Crippen molar-refractivity contribution in [3.05, 3.63) is 12.2 Å². The van der Waals surface area contributed by atoms with Gasteiger partial charge in [0.2, 0.25) is 0 Å². The summed E-state index contributed by atoms with van der Waals surface area (Å²) in [6.45, 7) is 1.34. The Labute approximate surface area is 132 Å². The van der Waals surface area contributed by atoms with Crippen molar-refractivity contribution in [2.24, 2.45) is 29.1 Å². The number of ether oxygens (including phenoxy) is 1. The number of nitrogens with zero attached hydrogens (tertiary/aromatic N) is 1. The Morgan fingerprint density at radius 3 is 3.00 bits per heavy atom. The topological polar surface area (TPSA) is 52.9 Å². The molecule has 0 aromatic rings. The van der Waals surface area contributed by atoms with E-state index in [9.17, 15) is 10.2 Å². The van der Waals surface area contributed by atoms with Crippen molar-refractivity contribution < 1.29 is 14.9 Å². The van der Waals surface area contributed by atoms with E-state index in [1.807, 2.05) is 6.08 Å². The summed E-state index contributed by atoms with van der Waals surface area (Å²) in [7, 11) is 2.26. The fourth-order valence-electron chi connectivity index (χ4n) is 6.95. The van der Waals surface area contributed by atoms with Crippen LogP contribution in [0.25, 0.3) is 0 Å². The molecule has 1 spiro atoms. The first-order chi connectivity index (χ1) is 10.7. The molecule has 4 nitrogen and oxygen atoms in total. The average molecular weight is 305 g/mol. The average Bonchev–Trinajstić information content (AvgIpc) is 2.88. The summed E-state index contributed by atoms with van der Waals surface area (Å²) in [5, 5.41) is 20.4. The molecule has 2 saturated carbocycles. The molecule has 0 radical (unpaired) electrons. The Morgan fingerprint density at radius 2 is 2.18 bits per heavy atom. The molecule has 2 aliphatic heterocycles. The predicted molar refractivity (Wildman–Crippen MR) is 82.2 cm³/mol. The van der Waals surface area contributed by atoms with E-state index in [0.717, 1.165) is 19.4 Å². The molecule has 0 amide bonds. The maximum absolute atomic E-state index is 10.6. The predicted octanol–water partition coefficient (Wildman–Crippen LogP) is 1.03. The summed E-state index contributed by atoms with van der Waals surface area (Å²) in [6, 6.07) is 0.606. The molecular formula is C18H27NO3. The molecule has 22 heavy (non-hydrogen) atoms. The van der Waals surface area contributed by atoms with Gasteiger partial charge in [0.15, 0.2) is 0 Å². The van der Waals surface area contributed by atoms with Gasteiger partial charge in [0, 0.05) is 29.9 Å². The van der Waals surface area contributed by atoms with E-state index >= 15 is 0 Å². The van der Waals surface area contributed by atoms with Crippen molar-refractivity contribution in [2.45, 2.75) is 50.0 Å². The lowest BCUT2D eigenvalue weighted by Crippen LogP contribution is -2.66. The van der Waals surface area contributed by atoms with Gasteiger partial charge in [0.1, 0.15) is 0 Å². The number of likely N-dealkylation sites (tertiary alicyclic amines) is 1. The molecule has 0 aromatic carbocycles. The minimum absolute atomic E-state index is 0.0522. The molecule has 122 valence electrons. The van der Waals surface area contributed by atoms with E-state index in [0.29, 0.717) is 23.8 Å². The molecule has 0 aromatic heterocycles. The van der Waals surface area contributed by atoms with Crippen LogP contribution < -0.4 is 0 Å². The fourth-order valence-corrected chi connectivity index (χ4v) is 6.95. The minimum atomic E-state index is -0.469. The zero-order valence-corrected chi connectivity index (χ0v) is 13.3. The highest BCUT2D eigenvalue weighted by molar-refractivity contribution is 5.26. The fraction of sp³-hybridized carbons (Fsp3) is 0.889. The third-order valence-electron chi connectivity index (χ3n) is 7.79. The first kappa shape index (κ1) is 14.0. The smallest absolute Gasteiger partial charge is 0.0988 e. The molecule has 5 rings (SSSR count). The van der Waals surface area contributed by atoms with Crippen LogP contribution in [0.1, 0.15) is 25.7 Å². The summed E-state index contributed by atoms with van der Waals surface area (Å²) >= 11 is 0. The van der Waals surface area contributed by atoms with Gasteiger partial charge in [-0.2, -0.15) is 0 Å². The van der Waals surface area contributed by atoms with Crippen LogP contribution in [-0.4, -0.2) is 59.7 Å². The summed E-state index contributed by atoms with van der Waals surface area (Å²) < 4.78 is 6.50. The van der Waals surface area contributed by atoms with Gasteiger partial charge in [0.05, 0.1) is 18.3 Å². The third-order valence-corrected chi connectivity index (χ3v) is 7.79. The van der Waals surface area contributed by atoms with E-state index in [1.165, 1.54) is 12.8 Å². The molecule has 2 bridgehead atoms. The zero-order valence-electron chi connectivity index (χ0n) is 13.3. The lowest BCUT2D eigenvalue weighted by Gasteiger charge is -2.62. The summed E-state index contributed by atoms with van der Waals surface area (Å²) in [5.74, 6) is 2.03. The van der Waals surface area contributed by atoms with Crippen LogP contribution in [-0.2, 0) is 4.74 Å². The largest absolute Gasteiger partial charge is 0.396 e. The van der Waals surface area contributed by atoms with E-state index in [4.69, 9.17) is 4.74 Å². The molecule has 4 heteroatoms. The number of rotatable bonds is 1. The van der Waals surface area contributed by atoms with Crippen LogP contribution >= 0.6 is 0 Å². The Hall–Kier alpha value is -0.420. The summed E-state index contributed by atoms with van der Waals surface area (Å²) in [4.78, 5) is 2.54. The number of aliphatic hydroxyl groups is 2. The Balaban J connectivity index is 1.65. The van der Waals surface area contributed by atoms with Gasteiger partial charge >= 0.3 is 0 Å². The van der Waals surface area contributed by atoms with E-state index < -0.39 is 6.10 Å². The van der Waals surface area contributed by atoms with Crippen molar-refractivity contribution >= 4 is 0 Å². The highest BCUT2D eigenvalue weighted by Gasteiger charge is 2.70. The monoisotopic (exact) mass is 305 g/mol. The molecule has 2 saturated heterocycles. The second kappa shape index (κ2) is 4.56. The standard InChI is InChI=1S/C18H27NO3/c1-19-7-6-18-12-4-5-14(21)17(18)22-16-11(9-20)3-2-10(15(16)18)8-13(12)19/h4-5,10-17,20-21H,2-3,6-9H2,1H3/t10?,11?,12-,13?,14-,15?,16?,17-,18-/m0/s1. The lowest BCUT2D eigenvalue weighted by molar-refractivity contribution is -0.130. The van der Waals surface area contributed by atoms with Crippen LogP contribution in [0.5, 0.6) is 0 Å². The molecule has 9 atom stereocenters. The van der Waals surface area contributed by atoms with E-state index in [1.54, 1.807) is 0 Å². The van der Waals surface area contributed by atoms with Gasteiger partial charge in [-0.25, -0.2) is 0 Å².